The molecule has 0 rings (SSSR count). The minimum Gasteiger partial charge on any atom is -0.424 e. The van der Waals surface area contributed by atoms with Crippen LogP contribution in [0.4, 0.5) is 0 Å². The Kier molecular flexibility index (Phi) is 8.00. The summed E-state index contributed by atoms with van der Waals surface area (Å²) >= 11 is 0. The van der Waals surface area contributed by atoms with Gasteiger partial charge in [-0.3, -0.25) is 0 Å². The van der Waals surface area contributed by atoms with Crippen LogP contribution in [0, 0.1) is 31.1 Å². The molecular formula is C3H7O2SU-. The van der Waals surface area contributed by atoms with Crippen LogP contribution in [0.25, 0.3) is 0 Å². The molecule has 0 fully saturated rings. The van der Waals surface area contributed by atoms with E-state index in [2.05, 4.69) is 0 Å². The van der Waals surface area contributed by atoms with E-state index in [0.29, 0.717) is 0 Å². The van der Waals surface area contributed by atoms with Gasteiger partial charge in [-0.25, -0.2) is 0 Å². The topological polar surface area (TPSA) is 34.1 Å². The molecule has 0 aromatic carbocycles. The molecule has 2 nitrogen and oxygen atoms in total. The van der Waals surface area contributed by atoms with Crippen molar-refractivity contribution in [3.05, 3.63) is 0 Å². The van der Waals surface area contributed by atoms with Crippen molar-refractivity contribution in [2.24, 2.45) is 0 Å². The fourth-order valence-electron chi connectivity index (χ4n) is 0. The average Bonchev–Trinajstić information content (AvgIpc) is 1.36. The average molecular weight is 345 g/mol. The SMILES string of the molecule is CC(C)[S-](=O)=O.[U]. The van der Waals surface area contributed by atoms with Gasteiger partial charge in [0, 0.05) is 31.1 Å². The molecule has 0 amide bonds. The van der Waals surface area contributed by atoms with E-state index < -0.39 is 10.7 Å². The summed E-state index contributed by atoms with van der Waals surface area (Å²) in [4.78, 5) is 0. The first-order valence-corrected chi connectivity index (χ1v) is 2.86. The third kappa shape index (κ3) is 7.00. The van der Waals surface area contributed by atoms with E-state index in [9.17, 15) is 8.42 Å². The van der Waals surface area contributed by atoms with Crippen molar-refractivity contribution in [1.29, 1.82) is 0 Å². The number of rotatable bonds is 1. The van der Waals surface area contributed by atoms with Crippen molar-refractivity contribution in [3.8, 4) is 0 Å². The Hall–Kier alpha value is 1.00. The summed E-state index contributed by atoms with van der Waals surface area (Å²) in [6, 6.07) is 0. The van der Waals surface area contributed by atoms with Crippen LogP contribution in [0.1, 0.15) is 13.8 Å². The van der Waals surface area contributed by atoms with Gasteiger partial charge in [0.15, 0.2) is 0 Å². The van der Waals surface area contributed by atoms with E-state index >= 15 is 0 Å². The van der Waals surface area contributed by atoms with Gasteiger partial charge in [-0.1, -0.05) is 29.8 Å². The molecule has 0 atom stereocenters. The summed E-state index contributed by atoms with van der Waals surface area (Å²) < 4.78 is 19.4. The Morgan fingerprint density at radius 3 is 1.43 bits per heavy atom. The quantitative estimate of drug-likeness (QED) is 0.656. The van der Waals surface area contributed by atoms with Crippen molar-refractivity contribution < 1.29 is 39.5 Å². The molecule has 0 radical (unpaired) electrons. The second kappa shape index (κ2) is 5.14. The van der Waals surface area contributed by atoms with Crippen LogP contribution in [0.15, 0.2) is 0 Å². The van der Waals surface area contributed by atoms with Crippen LogP contribution in [0.5, 0.6) is 0 Å². The third-order valence-electron chi connectivity index (χ3n) is 0.385. The molecule has 7 heavy (non-hydrogen) atoms. The van der Waals surface area contributed by atoms with Crippen LogP contribution in [0.2, 0.25) is 0 Å². The molecule has 0 aliphatic rings. The standard InChI is InChI=1S/C3H7O2S.U/c1-3(2)6(4)5;/h3H,1-2H3;/q-1;. The summed E-state index contributed by atoms with van der Waals surface area (Å²) in [5, 5.41) is -0.231. The molecule has 0 aromatic heterocycles. The maximum atomic E-state index is 9.70. The molecule has 0 bridgehead atoms. The van der Waals surface area contributed by atoms with Crippen molar-refractivity contribution in [1.82, 2.24) is 0 Å². The van der Waals surface area contributed by atoms with Gasteiger partial charge >= 0.3 is 0 Å². The first-order chi connectivity index (χ1) is 2.64. The van der Waals surface area contributed by atoms with Crippen molar-refractivity contribution >= 4 is 10.7 Å². The van der Waals surface area contributed by atoms with Crippen LogP contribution in [-0.4, -0.2) is 5.25 Å². The third-order valence-corrected chi connectivity index (χ3v) is 1.15. The van der Waals surface area contributed by atoms with Gasteiger partial charge in [0.2, 0.25) is 0 Å². The summed E-state index contributed by atoms with van der Waals surface area (Å²) in [6.07, 6.45) is 0. The zero-order valence-corrected chi connectivity index (χ0v) is 9.28. The Labute approximate surface area is 69.0 Å². The minimum absolute atomic E-state index is 0. The number of hydrogen-bond acceptors (Lipinski definition) is 3. The maximum absolute atomic E-state index is 9.70. The van der Waals surface area contributed by atoms with Crippen molar-refractivity contribution in [2.45, 2.75) is 19.1 Å². The molecular weight excluding hydrogens is 338 g/mol. The van der Waals surface area contributed by atoms with E-state index in [4.69, 9.17) is 0 Å². The molecule has 0 unspecified atom stereocenters. The largest absolute Gasteiger partial charge is 0.424 e. The van der Waals surface area contributed by atoms with Crippen molar-refractivity contribution in [3.63, 3.8) is 0 Å². The maximum Gasteiger partial charge on any atom is 0 e. The summed E-state index contributed by atoms with van der Waals surface area (Å²) in [5.74, 6) is 0. The first kappa shape index (κ1) is 10.9. The molecule has 0 heterocycles. The molecule has 0 saturated carbocycles. The van der Waals surface area contributed by atoms with Gasteiger partial charge in [0.25, 0.3) is 0 Å². The minimum atomic E-state index is -1.87. The van der Waals surface area contributed by atoms with Crippen molar-refractivity contribution in [2.75, 3.05) is 0 Å². The van der Waals surface area contributed by atoms with Crippen LogP contribution < -0.4 is 0 Å². The zero-order chi connectivity index (χ0) is 5.15. The van der Waals surface area contributed by atoms with E-state index in [1.807, 2.05) is 0 Å². The predicted octanol–water partition coefficient (Wildman–Crippen LogP) is 0.704. The van der Waals surface area contributed by atoms with Crippen LogP contribution >= 0.6 is 0 Å². The Bertz CT molecular complexity index is 89.1. The van der Waals surface area contributed by atoms with Gasteiger partial charge in [-0.15, -0.1) is 0 Å². The molecule has 0 saturated heterocycles. The Morgan fingerprint density at radius 1 is 1.29 bits per heavy atom. The van der Waals surface area contributed by atoms with Gasteiger partial charge in [-0.2, -0.15) is 0 Å². The number of hydrogen-bond donors (Lipinski definition) is 0. The Morgan fingerprint density at radius 2 is 1.43 bits per heavy atom. The van der Waals surface area contributed by atoms with Crippen LogP contribution in [0.3, 0.4) is 0 Å². The van der Waals surface area contributed by atoms with Crippen LogP contribution in [-0.2, 0) is 19.1 Å². The summed E-state index contributed by atoms with van der Waals surface area (Å²) in [5.41, 5.74) is 0. The normalized spacial score (nSPS) is 9.14. The smallest absolute Gasteiger partial charge is 0 e. The molecule has 0 aliphatic carbocycles. The molecule has 0 aromatic rings. The van der Waals surface area contributed by atoms with Gasteiger partial charge in [0.1, 0.15) is 0 Å². The monoisotopic (exact) mass is 345 g/mol. The van der Waals surface area contributed by atoms with Gasteiger partial charge in [-0.05, 0) is 0 Å². The van der Waals surface area contributed by atoms with E-state index in [0.717, 1.165) is 0 Å². The molecule has 0 spiro atoms. The molecule has 4 heteroatoms. The fourth-order valence-corrected chi connectivity index (χ4v) is 0. The van der Waals surface area contributed by atoms with E-state index in [-0.39, 0.29) is 36.4 Å². The summed E-state index contributed by atoms with van der Waals surface area (Å²) in [7, 11) is -1.87. The van der Waals surface area contributed by atoms with Gasteiger partial charge in [0.05, 0.1) is 0 Å². The Balaban J connectivity index is 0. The first-order valence-electron chi connectivity index (χ1n) is 1.72. The predicted molar refractivity (Wildman–Crippen MR) is 23.9 cm³/mol. The van der Waals surface area contributed by atoms with E-state index in [1.54, 1.807) is 13.8 Å². The zero-order valence-electron chi connectivity index (χ0n) is 4.30. The van der Waals surface area contributed by atoms with E-state index in [1.165, 1.54) is 0 Å². The van der Waals surface area contributed by atoms with Gasteiger partial charge < -0.3 is 8.42 Å². The summed E-state index contributed by atoms with van der Waals surface area (Å²) in [6.45, 7) is 3.26. The molecule has 42 valence electrons. The second-order valence-electron chi connectivity index (χ2n) is 1.31. The molecule has 0 aliphatic heterocycles. The second-order valence-corrected chi connectivity index (χ2v) is 2.77. The fraction of sp³-hybridized carbons (Fsp3) is 1.00. The molecule has 0 N–H and O–H groups in total.